The van der Waals surface area contributed by atoms with Crippen molar-refractivity contribution >= 4 is 34.5 Å². The Kier molecular flexibility index (Phi) is 5.31. The van der Waals surface area contributed by atoms with E-state index in [9.17, 15) is 9.59 Å². The highest BCUT2D eigenvalue weighted by Gasteiger charge is 2.28. The molecule has 0 saturated heterocycles. The lowest BCUT2D eigenvalue weighted by molar-refractivity contribution is -0.123. The quantitative estimate of drug-likeness (QED) is 0.445. The number of anilines is 2. The molecular formula is C26H19N3O5S. The van der Waals surface area contributed by atoms with Gasteiger partial charge in [0, 0.05) is 28.3 Å². The van der Waals surface area contributed by atoms with Crippen molar-refractivity contribution in [3.63, 3.8) is 0 Å². The van der Waals surface area contributed by atoms with Gasteiger partial charge in [-0.05, 0) is 30.3 Å². The van der Waals surface area contributed by atoms with Crippen LogP contribution in [0.4, 0.5) is 11.4 Å². The topological polar surface area (TPSA) is 90.0 Å². The lowest BCUT2D eigenvalue weighted by Crippen LogP contribution is -2.43. The normalized spacial score (nSPS) is 13.8. The summed E-state index contributed by atoms with van der Waals surface area (Å²) in [6, 6.07) is 20.7. The highest BCUT2D eigenvalue weighted by atomic mass is 32.1. The van der Waals surface area contributed by atoms with E-state index in [0.29, 0.717) is 28.6 Å². The van der Waals surface area contributed by atoms with E-state index in [1.54, 1.807) is 35.6 Å². The van der Waals surface area contributed by atoms with Crippen molar-refractivity contribution < 1.29 is 23.8 Å². The number of ether oxygens (including phenoxy) is 3. The molecule has 0 bridgehead atoms. The van der Waals surface area contributed by atoms with Gasteiger partial charge in [0.1, 0.15) is 17.3 Å². The predicted octanol–water partition coefficient (Wildman–Crippen LogP) is 4.57. The summed E-state index contributed by atoms with van der Waals surface area (Å²) in [7, 11) is 0. The van der Waals surface area contributed by atoms with E-state index in [1.165, 1.54) is 4.90 Å². The van der Waals surface area contributed by atoms with Gasteiger partial charge in [0.25, 0.3) is 5.91 Å². The molecule has 0 saturated carbocycles. The molecule has 8 nitrogen and oxygen atoms in total. The summed E-state index contributed by atoms with van der Waals surface area (Å²) in [5, 5.41) is 5.70. The van der Waals surface area contributed by atoms with Crippen molar-refractivity contribution in [1.82, 2.24) is 4.98 Å². The molecule has 3 heterocycles. The summed E-state index contributed by atoms with van der Waals surface area (Å²) in [6.45, 7) is -0.127. The van der Waals surface area contributed by atoms with Gasteiger partial charge < -0.3 is 19.5 Å². The van der Waals surface area contributed by atoms with Crippen LogP contribution in [0.15, 0.2) is 72.1 Å². The van der Waals surface area contributed by atoms with E-state index in [-0.39, 0.29) is 31.8 Å². The van der Waals surface area contributed by atoms with Crippen LogP contribution < -0.4 is 24.4 Å². The van der Waals surface area contributed by atoms with Gasteiger partial charge in [-0.3, -0.25) is 14.5 Å². The highest BCUT2D eigenvalue weighted by Crippen LogP contribution is 2.38. The monoisotopic (exact) mass is 485 g/mol. The molecule has 0 spiro atoms. The number of fused-ring (bicyclic) bond motifs is 2. The SMILES string of the molecule is O=C(CN1C(=O)COc2ccc(-c3csc(-c4ccccc4)n3)cc21)Nc1ccc2c(c1)OCO2. The van der Waals surface area contributed by atoms with Gasteiger partial charge in [-0.25, -0.2) is 4.98 Å². The van der Waals surface area contributed by atoms with Gasteiger partial charge >= 0.3 is 0 Å². The van der Waals surface area contributed by atoms with Gasteiger partial charge in [-0.2, -0.15) is 0 Å². The number of rotatable bonds is 5. The second-order valence-electron chi connectivity index (χ2n) is 7.97. The summed E-state index contributed by atoms with van der Waals surface area (Å²) in [5.74, 6) is 1.11. The Morgan fingerprint density at radius 2 is 1.77 bits per heavy atom. The van der Waals surface area contributed by atoms with Crippen LogP contribution in [0, 0.1) is 0 Å². The molecule has 0 unspecified atom stereocenters. The molecule has 1 aromatic heterocycles. The Morgan fingerprint density at radius 3 is 2.66 bits per heavy atom. The number of benzene rings is 3. The maximum atomic E-state index is 12.8. The molecule has 0 fully saturated rings. The van der Waals surface area contributed by atoms with E-state index in [2.05, 4.69) is 5.32 Å². The molecule has 174 valence electrons. The molecule has 9 heteroatoms. The minimum absolute atomic E-state index is 0.126. The zero-order valence-corrected chi connectivity index (χ0v) is 19.2. The molecular weight excluding hydrogens is 466 g/mol. The number of carbonyl (C=O) groups excluding carboxylic acids is 2. The molecule has 3 aromatic carbocycles. The number of thiazole rings is 1. The minimum Gasteiger partial charge on any atom is -0.482 e. The van der Waals surface area contributed by atoms with Gasteiger partial charge in [0.15, 0.2) is 18.1 Å². The molecule has 6 rings (SSSR count). The lowest BCUT2D eigenvalue weighted by atomic mass is 10.1. The van der Waals surface area contributed by atoms with E-state index >= 15 is 0 Å². The fourth-order valence-corrected chi connectivity index (χ4v) is 4.81. The van der Waals surface area contributed by atoms with Crippen molar-refractivity contribution in [3.8, 4) is 39.1 Å². The zero-order chi connectivity index (χ0) is 23.8. The Labute approximate surface area is 204 Å². The summed E-state index contributed by atoms with van der Waals surface area (Å²) >= 11 is 1.55. The van der Waals surface area contributed by atoms with Gasteiger partial charge in [0.2, 0.25) is 12.7 Å². The molecule has 35 heavy (non-hydrogen) atoms. The van der Waals surface area contributed by atoms with Crippen LogP contribution >= 0.6 is 11.3 Å². The first kappa shape index (κ1) is 21.2. The van der Waals surface area contributed by atoms with E-state index in [4.69, 9.17) is 19.2 Å². The smallest absolute Gasteiger partial charge is 0.265 e. The van der Waals surface area contributed by atoms with Crippen LogP contribution in [-0.4, -0.2) is 36.7 Å². The summed E-state index contributed by atoms with van der Waals surface area (Å²) in [5.41, 5.74) is 3.77. The van der Waals surface area contributed by atoms with Crippen LogP contribution in [0.2, 0.25) is 0 Å². The van der Waals surface area contributed by atoms with Crippen LogP contribution in [0.25, 0.3) is 21.8 Å². The number of hydrogen-bond donors (Lipinski definition) is 1. The fraction of sp³-hybridized carbons (Fsp3) is 0.115. The van der Waals surface area contributed by atoms with Crippen LogP contribution in [0.5, 0.6) is 17.2 Å². The number of amides is 2. The number of hydrogen-bond acceptors (Lipinski definition) is 7. The fourth-order valence-electron chi connectivity index (χ4n) is 3.97. The highest BCUT2D eigenvalue weighted by molar-refractivity contribution is 7.13. The van der Waals surface area contributed by atoms with Crippen molar-refractivity contribution in [2.24, 2.45) is 0 Å². The number of nitrogens with zero attached hydrogens (tertiary/aromatic N) is 2. The summed E-state index contributed by atoms with van der Waals surface area (Å²) in [6.07, 6.45) is 0. The average Bonchev–Trinajstić information content (AvgIpc) is 3.56. The molecule has 1 N–H and O–H groups in total. The average molecular weight is 486 g/mol. The molecule has 0 aliphatic carbocycles. The maximum Gasteiger partial charge on any atom is 0.265 e. The molecule has 0 radical (unpaired) electrons. The Balaban J connectivity index is 1.24. The Hall–Kier alpha value is -4.37. The first-order valence-electron chi connectivity index (χ1n) is 10.9. The largest absolute Gasteiger partial charge is 0.482 e. The first-order valence-corrected chi connectivity index (χ1v) is 11.8. The van der Waals surface area contributed by atoms with Gasteiger partial charge in [-0.15, -0.1) is 11.3 Å². The van der Waals surface area contributed by atoms with Crippen LogP contribution in [0.3, 0.4) is 0 Å². The van der Waals surface area contributed by atoms with E-state index in [1.807, 2.05) is 47.8 Å². The molecule has 2 aliphatic heterocycles. The number of nitrogens with one attached hydrogen (secondary N) is 1. The third-order valence-electron chi connectivity index (χ3n) is 5.68. The lowest BCUT2D eigenvalue weighted by Gasteiger charge is -2.29. The Morgan fingerprint density at radius 1 is 0.943 bits per heavy atom. The Bertz CT molecular complexity index is 1440. The zero-order valence-electron chi connectivity index (χ0n) is 18.4. The molecule has 2 aliphatic rings. The van der Waals surface area contributed by atoms with E-state index < -0.39 is 0 Å². The number of carbonyl (C=O) groups is 2. The first-order chi connectivity index (χ1) is 17.1. The summed E-state index contributed by atoms with van der Waals surface area (Å²) in [4.78, 5) is 31.7. The van der Waals surface area contributed by atoms with Crippen LogP contribution in [-0.2, 0) is 9.59 Å². The van der Waals surface area contributed by atoms with Crippen LogP contribution in [0.1, 0.15) is 0 Å². The standard InChI is InChI=1S/C26H19N3O5S/c30-24(27-18-7-9-22-23(11-18)34-15-33-22)12-29-20-10-17(6-8-21(20)32-13-25(29)31)19-14-35-26(28-19)16-4-2-1-3-5-16/h1-11,14H,12-13,15H2,(H,27,30). The minimum atomic E-state index is -0.338. The molecule has 0 atom stereocenters. The van der Waals surface area contributed by atoms with Crippen molar-refractivity contribution in [1.29, 1.82) is 0 Å². The molecule has 4 aromatic rings. The number of aromatic nitrogens is 1. The maximum absolute atomic E-state index is 12.8. The second-order valence-corrected chi connectivity index (χ2v) is 8.83. The van der Waals surface area contributed by atoms with E-state index in [0.717, 1.165) is 21.8 Å². The van der Waals surface area contributed by atoms with Crippen molar-refractivity contribution in [2.75, 3.05) is 30.2 Å². The van der Waals surface area contributed by atoms with Crippen molar-refractivity contribution in [2.45, 2.75) is 0 Å². The molecule has 2 amide bonds. The summed E-state index contributed by atoms with van der Waals surface area (Å²) < 4.78 is 16.3. The second kappa shape index (κ2) is 8.77. The predicted molar refractivity (Wildman–Crippen MR) is 132 cm³/mol. The van der Waals surface area contributed by atoms with Gasteiger partial charge in [0.05, 0.1) is 11.4 Å². The third-order valence-corrected chi connectivity index (χ3v) is 6.57. The van der Waals surface area contributed by atoms with Gasteiger partial charge in [-0.1, -0.05) is 30.3 Å². The third kappa shape index (κ3) is 4.17. The van der Waals surface area contributed by atoms with Crippen molar-refractivity contribution in [3.05, 3.63) is 72.1 Å².